The highest BCUT2D eigenvalue weighted by Crippen LogP contribution is 2.30. The Balaban J connectivity index is 2.22. The Kier molecular flexibility index (Phi) is 5.25. The lowest BCUT2D eigenvalue weighted by Crippen LogP contribution is -2.13. The van der Waals surface area contributed by atoms with Gasteiger partial charge in [-0.05, 0) is 42.5 Å². The van der Waals surface area contributed by atoms with Crippen LogP contribution in [0.2, 0.25) is 5.02 Å². The molecule has 24 heavy (non-hydrogen) atoms. The summed E-state index contributed by atoms with van der Waals surface area (Å²) < 4.78 is 55.1. The van der Waals surface area contributed by atoms with Gasteiger partial charge in [0.1, 0.15) is 5.75 Å². The molecule has 0 heterocycles. The molecule has 0 amide bonds. The van der Waals surface area contributed by atoms with Gasteiger partial charge in [-0.1, -0.05) is 11.6 Å². The molecule has 0 aromatic heterocycles. The molecule has 6 nitrogen and oxygen atoms in total. The first-order chi connectivity index (χ1) is 11.2. The summed E-state index contributed by atoms with van der Waals surface area (Å²) in [5, 5.41) is 8.59. The minimum Gasteiger partial charge on any atom is -0.478 e. The molecule has 2 N–H and O–H groups in total. The van der Waals surface area contributed by atoms with Crippen molar-refractivity contribution >= 4 is 33.3 Å². The molecule has 0 unspecified atom stereocenters. The first kappa shape index (κ1) is 18.0. The predicted octanol–water partition coefficient (Wildman–Crippen LogP) is 3.44. The van der Waals surface area contributed by atoms with Gasteiger partial charge in [-0.2, -0.15) is 8.78 Å². The SMILES string of the molecule is O=C(O)c1ccc(S(=O)(=O)Nc2ccc(OC(F)F)c(Cl)c2)cc1. The van der Waals surface area contributed by atoms with Crippen molar-refractivity contribution in [3.8, 4) is 5.75 Å². The zero-order chi connectivity index (χ0) is 17.9. The van der Waals surface area contributed by atoms with Crippen molar-refractivity contribution in [2.75, 3.05) is 4.72 Å². The van der Waals surface area contributed by atoms with Crippen LogP contribution in [0.1, 0.15) is 10.4 Å². The highest BCUT2D eigenvalue weighted by atomic mass is 35.5. The molecule has 0 fully saturated rings. The molecule has 0 aliphatic heterocycles. The van der Waals surface area contributed by atoms with Gasteiger partial charge in [0.25, 0.3) is 10.0 Å². The zero-order valence-corrected chi connectivity index (χ0v) is 13.3. The summed E-state index contributed by atoms with van der Waals surface area (Å²) in [5.41, 5.74) is -0.0329. The van der Waals surface area contributed by atoms with Crippen LogP contribution in [0.3, 0.4) is 0 Å². The van der Waals surface area contributed by atoms with Gasteiger partial charge < -0.3 is 9.84 Å². The lowest BCUT2D eigenvalue weighted by molar-refractivity contribution is -0.0497. The Hall–Kier alpha value is -2.39. The van der Waals surface area contributed by atoms with Gasteiger partial charge in [0.05, 0.1) is 21.2 Å². The summed E-state index contributed by atoms with van der Waals surface area (Å²) in [6.45, 7) is -3.06. The van der Waals surface area contributed by atoms with E-state index >= 15 is 0 Å². The fourth-order valence-electron chi connectivity index (χ4n) is 1.75. The van der Waals surface area contributed by atoms with Gasteiger partial charge >= 0.3 is 12.6 Å². The number of sulfonamides is 1. The number of anilines is 1. The average Bonchev–Trinajstić information content (AvgIpc) is 2.49. The smallest absolute Gasteiger partial charge is 0.387 e. The number of ether oxygens (including phenoxy) is 1. The van der Waals surface area contributed by atoms with Crippen molar-refractivity contribution < 1.29 is 31.8 Å². The lowest BCUT2D eigenvalue weighted by Gasteiger charge is -2.11. The van der Waals surface area contributed by atoms with Crippen molar-refractivity contribution in [2.45, 2.75) is 11.5 Å². The molecule has 0 radical (unpaired) electrons. The average molecular weight is 378 g/mol. The highest BCUT2D eigenvalue weighted by molar-refractivity contribution is 7.92. The number of hydrogen-bond donors (Lipinski definition) is 2. The number of hydrogen-bond acceptors (Lipinski definition) is 4. The van der Waals surface area contributed by atoms with E-state index in [0.717, 1.165) is 36.4 Å². The Bertz CT molecular complexity index is 856. The number of rotatable bonds is 6. The minimum atomic E-state index is -4.00. The summed E-state index contributed by atoms with van der Waals surface area (Å²) >= 11 is 5.75. The Morgan fingerprint density at radius 3 is 2.29 bits per heavy atom. The molecule has 2 aromatic carbocycles. The standard InChI is InChI=1S/C14H10ClF2NO5S/c15-11-7-9(3-6-12(11)23-14(16)17)18-24(21,22)10-4-1-8(2-5-10)13(19)20/h1-7,14,18H,(H,19,20). The van der Waals surface area contributed by atoms with Gasteiger partial charge in [0.2, 0.25) is 0 Å². The van der Waals surface area contributed by atoms with E-state index in [1.165, 1.54) is 6.07 Å². The number of nitrogens with one attached hydrogen (secondary N) is 1. The summed E-state index contributed by atoms with van der Waals surface area (Å²) in [5.74, 6) is -1.48. The zero-order valence-electron chi connectivity index (χ0n) is 11.7. The fraction of sp³-hybridized carbons (Fsp3) is 0.0714. The number of halogens is 3. The van der Waals surface area contributed by atoms with Crippen LogP contribution >= 0.6 is 11.6 Å². The largest absolute Gasteiger partial charge is 0.478 e. The number of aromatic carboxylic acids is 1. The van der Waals surface area contributed by atoms with Crippen molar-refractivity contribution in [2.24, 2.45) is 0 Å². The second-order valence-corrected chi connectivity index (χ2v) is 6.55. The summed E-state index contributed by atoms with van der Waals surface area (Å²) in [7, 11) is -4.00. The van der Waals surface area contributed by atoms with Crippen molar-refractivity contribution in [3.63, 3.8) is 0 Å². The maximum Gasteiger partial charge on any atom is 0.387 e. The van der Waals surface area contributed by atoms with Crippen LogP contribution in [0.4, 0.5) is 14.5 Å². The van der Waals surface area contributed by atoms with Gasteiger partial charge in [-0.3, -0.25) is 4.72 Å². The van der Waals surface area contributed by atoms with Gasteiger partial charge in [-0.25, -0.2) is 13.2 Å². The number of alkyl halides is 2. The van der Waals surface area contributed by atoms with Crippen LogP contribution in [-0.2, 0) is 10.0 Å². The topological polar surface area (TPSA) is 92.7 Å². The summed E-state index contributed by atoms with van der Waals surface area (Å²) in [6.07, 6.45) is 0. The predicted molar refractivity (Wildman–Crippen MR) is 82.3 cm³/mol. The highest BCUT2D eigenvalue weighted by Gasteiger charge is 2.16. The van der Waals surface area contributed by atoms with Gasteiger partial charge in [0, 0.05) is 0 Å². The van der Waals surface area contributed by atoms with E-state index in [9.17, 15) is 22.0 Å². The number of carbonyl (C=O) groups is 1. The second kappa shape index (κ2) is 7.02. The Morgan fingerprint density at radius 1 is 1.17 bits per heavy atom. The minimum absolute atomic E-state index is 0.0314. The molecule has 0 atom stereocenters. The second-order valence-electron chi connectivity index (χ2n) is 4.46. The number of carboxylic acid groups (broad SMARTS) is 1. The quantitative estimate of drug-likeness (QED) is 0.804. The third kappa shape index (κ3) is 4.33. The molecular formula is C14H10ClF2NO5S. The van der Waals surface area contributed by atoms with Gasteiger partial charge in [0.15, 0.2) is 0 Å². The Labute approximate surface area is 140 Å². The van der Waals surface area contributed by atoms with Gasteiger partial charge in [-0.15, -0.1) is 0 Å². The maximum absolute atomic E-state index is 12.2. The number of benzene rings is 2. The molecular weight excluding hydrogens is 368 g/mol. The summed E-state index contributed by atoms with van der Waals surface area (Å²) in [6, 6.07) is 7.95. The van der Waals surface area contributed by atoms with Crippen LogP contribution in [0.25, 0.3) is 0 Å². The molecule has 2 aromatic rings. The van der Waals surface area contributed by atoms with E-state index < -0.39 is 22.6 Å². The van der Waals surface area contributed by atoms with Crippen LogP contribution in [0.15, 0.2) is 47.4 Å². The van der Waals surface area contributed by atoms with E-state index in [2.05, 4.69) is 9.46 Å². The van der Waals surface area contributed by atoms with E-state index in [-0.39, 0.29) is 26.9 Å². The number of carboxylic acids is 1. The van der Waals surface area contributed by atoms with Crippen molar-refractivity contribution in [1.82, 2.24) is 0 Å². The van der Waals surface area contributed by atoms with Crippen LogP contribution < -0.4 is 9.46 Å². The molecule has 0 saturated heterocycles. The molecule has 0 aliphatic carbocycles. The Morgan fingerprint density at radius 2 is 1.79 bits per heavy atom. The van der Waals surface area contributed by atoms with E-state index in [4.69, 9.17) is 16.7 Å². The first-order valence-electron chi connectivity index (χ1n) is 6.29. The molecule has 128 valence electrons. The maximum atomic E-state index is 12.2. The lowest BCUT2D eigenvalue weighted by atomic mass is 10.2. The van der Waals surface area contributed by atoms with Crippen LogP contribution in [0.5, 0.6) is 5.75 Å². The molecule has 10 heteroatoms. The third-order valence-corrected chi connectivity index (χ3v) is 4.50. The van der Waals surface area contributed by atoms with Crippen LogP contribution in [-0.4, -0.2) is 26.1 Å². The van der Waals surface area contributed by atoms with E-state index in [1.54, 1.807) is 0 Å². The molecule has 0 saturated carbocycles. The van der Waals surface area contributed by atoms with Crippen LogP contribution in [0, 0.1) is 0 Å². The third-order valence-electron chi connectivity index (χ3n) is 2.81. The molecule has 2 rings (SSSR count). The first-order valence-corrected chi connectivity index (χ1v) is 8.16. The molecule has 0 aliphatic rings. The van der Waals surface area contributed by atoms with E-state index in [0.29, 0.717) is 0 Å². The normalized spacial score (nSPS) is 11.3. The molecule has 0 spiro atoms. The molecule has 0 bridgehead atoms. The van der Waals surface area contributed by atoms with Crippen molar-refractivity contribution in [1.29, 1.82) is 0 Å². The van der Waals surface area contributed by atoms with Crippen molar-refractivity contribution in [3.05, 3.63) is 53.1 Å². The fourth-order valence-corrected chi connectivity index (χ4v) is 3.02. The monoisotopic (exact) mass is 377 g/mol. The van der Waals surface area contributed by atoms with E-state index in [1.807, 2.05) is 0 Å². The summed E-state index contributed by atoms with van der Waals surface area (Å²) in [4.78, 5) is 10.6.